The molecule has 4 heteroatoms. The van der Waals surface area contributed by atoms with E-state index < -0.39 is 0 Å². The second-order valence-corrected chi connectivity index (χ2v) is 3.89. The molecule has 0 aliphatic carbocycles. The quantitative estimate of drug-likeness (QED) is 0.613. The molecule has 1 aromatic rings. The van der Waals surface area contributed by atoms with Gasteiger partial charge in [0, 0.05) is 12.1 Å². The largest absolute Gasteiger partial charge is 0.507 e. The van der Waals surface area contributed by atoms with Crippen LogP contribution in [0.5, 0.6) is 11.5 Å². The Bertz CT molecular complexity index is 317. The number of aliphatic hydroxyl groups excluding tert-OH is 1. The van der Waals surface area contributed by atoms with Crippen LogP contribution >= 0.6 is 0 Å². The Morgan fingerprint density at radius 3 is 2.25 bits per heavy atom. The Morgan fingerprint density at radius 1 is 1.25 bits per heavy atom. The summed E-state index contributed by atoms with van der Waals surface area (Å²) in [6.07, 6.45) is 0.787. The highest BCUT2D eigenvalue weighted by molar-refractivity contribution is 5.44. The molecular formula is C12H19NO3. The first-order valence-corrected chi connectivity index (χ1v) is 5.47. The fraction of sp³-hybridized carbons (Fsp3) is 0.500. The zero-order chi connectivity index (χ0) is 12.1. The van der Waals surface area contributed by atoms with E-state index in [-0.39, 0.29) is 30.2 Å². The van der Waals surface area contributed by atoms with Crippen molar-refractivity contribution in [1.82, 2.24) is 5.32 Å². The van der Waals surface area contributed by atoms with Crippen molar-refractivity contribution in [1.29, 1.82) is 0 Å². The van der Waals surface area contributed by atoms with Gasteiger partial charge in [-0.25, -0.2) is 0 Å². The molecule has 0 amide bonds. The van der Waals surface area contributed by atoms with Crippen LogP contribution in [0.3, 0.4) is 0 Å². The lowest BCUT2D eigenvalue weighted by Gasteiger charge is -2.22. The van der Waals surface area contributed by atoms with E-state index in [9.17, 15) is 10.2 Å². The molecule has 0 heterocycles. The highest BCUT2D eigenvalue weighted by Crippen LogP contribution is 2.32. The zero-order valence-corrected chi connectivity index (χ0v) is 9.64. The summed E-state index contributed by atoms with van der Waals surface area (Å²) in [5.41, 5.74) is 0.467. The normalized spacial score (nSPS) is 14.7. The maximum atomic E-state index is 9.66. The highest BCUT2D eigenvalue weighted by atomic mass is 16.3. The minimum Gasteiger partial charge on any atom is -0.507 e. The number of hydrogen-bond acceptors (Lipinski definition) is 4. The fourth-order valence-corrected chi connectivity index (χ4v) is 1.72. The summed E-state index contributed by atoms with van der Waals surface area (Å²) in [6, 6.07) is 4.41. The third kappa shape index (κ3) is 2.87. The molecule has 0 saturated carbocycles. The van der Waals surface area contributed by atoms with Crippen molar-refractivity contribution in [2.24, 2.45) is 0 Å². The summed E-state index contributed by atoms with van der Waals surface area (Å²) in [5, 5.41) is 31.5. The van der Waals surface area contributed by atoms with Crippen molar-refractivity contribution in [3.05, 3.63) is 23.8 Å². The molecule has 0 radical (unpaired) electrons. The lowest BCUT2D eigenvalue weighted by atomic mass is 10.0. The van der Waals surface area contributed by atoms with Crippen molar-refractivity contribution in [2.75, 3.05) is 6.61 Å². The van der Waals surface area contributed by atoms with Crippen molar-refractivity contribution in [3.63, 3.8) is 0 Å². The highest BCUT2D eigenvalue weighted by Gasteiger charge is 2.17. The third-order valence-corrected chi connectivity index (χ3v) is 2.69. The monoisotopic (exact) mass is 225 g/mol. The Balaban J connectivity index is 2.83. The van der Waals surface area contributed by atoms with Gasteiger partial charge < -0.3 is 20.6 Å². The third-order valence-electron chi connectivity index (χ3n) is 2.69. The number of rotatable bonds is 5. The molecule has 0 aromatic heterocycles. The molecule has 16 heavy (non-hydrogen) atoms. The molecule has 0 aliphatic heterocycles. The summed E-state index contributed by atoms with van der Waals surface area (Å²) in [5.74, 6) is 0.126. The summed E-state index contributed by atoms with van der Waals surface area (Å²) >= 11 is 0. The van der Waals surface area contributed by atoms with Crippen LogP contribution in [-0.2, 0) is 0 Å². The number of aromatic hydroxyl groups is 2. The van der Waals surface area contributed by atoms with Gasteiger partial charge in [-0.3, -0.25) is 0 Å². The Morgan fingerprint density at radius 2 is 1.81 bits per heavy atom. The molecule has 2 atom stereocenters. The lowest BCUT2D eigenvalue weighted by Crippen LogP contribution is -2.33. The molecule has 0 spiro atoms. The van der Waals surface area contributed by atoms with E-state index in [1.54, 1.807) is 6.07 Å². The molecule has 4 nitrogen and oxygen atoms in total. The predicted molar refractivity (Wildman–Crippen MR) is 62.5 cm³/mol. The molecule has 0 saturated heterocycles. The SMILES string of the molecule is CCC(CO)NC(C)c1c(O)cccc1O. The van der Waals surface area contributed by atoms with Crippen LogP contribution < -0.4 is 5.32 Å². The van der Waals surface area contributed by atoms with Gasteiger partial charge in [0.05, 0.1) is 12.2 Å². The van der Waals surface area contributed by atoms with Crippen LogP contribution in [0.2, 0.25) is 0 Å². The van der Waals surface area contributed by atoms with Crippen molar-refractivity contribution in [2.45, 2.75) is 32.4 Å². The smallest absolute Gasteiger partial charge is 0.124 e. The predicted octanol–water partition coefficient (Wildman–Crippen LogP) is 1.52. The minimum absolute atomic E-state index is 0.0333. The molecule has 0 bridgehead atoms. The van der Waals surface area contributed by atoms with Crippen LogP contribution in [0.1, 0.15) is 31.9 Å². The van der Waals surface area contributed by atoms with Gasteiger partial charge in [0.2, 0.25) is 0 Å². The summed E-state index contributed by atoms with van der Waals surface area (Å²) < 4.78 is 0. The molecule has 0 aliphatic rings. The van der Waals surface area contributed by atoms with E-state index in [0.717, 1.165) is 6.42 Å². The van der Waals surface area contributed by atoms with E-state index in [1.807, 2.05) is 13.8 Å². The molecule has 0 fully saturated rings. The average molecular weight is 225 g/mol. The van der Waals surface area contributed by atoms with Crippen molar-refractivity contribution in [3.8, 4) is 11.5 Å². The first-order valence-electron chi connectivity index (χ1n) is 5.47. The number of phenols is 2. The van der Waals surface area contributed by atoms with Gasteiger partial charge in [-0.1, -0.05) is 13.0 Å². The van der Waals surface area contributed by atoms with Gasteiger partial charge in [-0.05, 0) is 25.5 Å². The second kappa shape index (κ2) is 5.72. The number of hydrogen-bond donors (Lipinski definition) is 4. The lowest BCUT2D eigenvalue weighted by molar-refractivity contribution is 0.228. The zero-order valence-electron chi connectivity index (χ0n) is 9.64. The van der Waals surface area contributed by atoms with E-state index in [1.165, 1.54) is 12.1 Å². The van der Waals surface area contributed by atoms with Gasteiger partial charge >= 0.3 is 0 Å². The van der Waals surface area contributed by atoms with Gasteiger partial charge in [-0.2, -0.15) is 0 Å². The molecule has 1 aromatic carbocycles. The van der Waals surface area contributed by atoms with Crippen molar-refractivity contribution < 1.29 is 15.3 Å². The fourth-order valence-electron chi connectivity index (χ4n) is 1.72. The number of benzene rings is 1. The van der Waals surface area contributed by atoms with E-state index in [2.05, 4.69) is 5.32 Å². The number of nitrogens with one attached hydrogen (secondary N) is 1. The Kier molecular flexibility index (Phi) is 4.58. The molecule has 1 rings (SSSR count). The van der Waals surface area contributed by atoms with Gasteiger partial charge in [0.25, 0.3) is 0 Å². The number of phenolic OH excluding ortho intramolecular Hbond substituents is 2. The topological polar surface area (TPSA) is 72.7 Å². The van der Waals surface area contributed by atoms with Gasteiger partial charge in [0.15, 0.2) is 0 Å². The minimum atomic E-state index is -0.210. The molecule has 4 N–H and O–H groups in total. The van der Waals surface area contributed by atoms with Crippen molar-refractivity contribution >= 4 is 0 Å². The Hall–Kier alpha value is -1.26. The van der Waals surface area contributed by atoms with E-state index in [4.69, 9.17) is 5.11 Å². The summed E-state index contributed by atoms with van der Waals surface area (Å²) in [7, 11) is 0. The van der Waals surface area contributed by atoms with E-state index >= 15 is 0 Å². The standard InChI is InChI=1S/C12H19NO3/c1-3-9(7-14)13-8(2)12-10(15)5-4-6-11(12)16/h4-6,8-9,13-16H,3,7H2,1-2H3. The maximum Gasteiger partial charge on any atom is 0.124 e. The molecule has 90 valence electrons. The van der Waals surface area contributed by atoms with E-state index in [0.29, 0.717) is 5.56 Å². The summed E-state index contributed by atoms with van der Waals surface area (Å²) in [4.78, 5) is 0. The van der Waals surface area contributed by atoms with Crippen LogP contribution in [0, 0.1) is 0 Å². The maximum absolute atomic E-state index is 9.66. The average Bonchev–Trinajstić information content (AvgIpc) is 2.25. The van der Waals surface area contributed by atoms with Crippen LogP contribution in [-0.4, -0.2) is 28.0 Å². The first kappa shape index (κ1) is 12.8. The van der Waals surface area contributed by atoms with Crippen LogP contribution in [0.15, 0.2) is 18.2 Å². The number of aliphatic hydroxyl groups is 1. The molecule has 2 unspecified atom stereocenters. The van der Waals surface area contributed by atoms with Gasteiger partial charge in [-0.15, -0.1) is 0 Å². The van der Waals surface area contributed by atoms with Gasteiger partial charge in [0.1, 0.15) is 11.5 Å². The first-order chi connectivity index (χ1) is 7.60. The van der Waals surface area contributed by atoms with Crippen LogP contribution in [0.25, 0.3) is 0 Å². The summed E-state index contributed by atoms with van der Waals surface area (Å²) in [6.45, 7) is 3.84. The van der Waals surface area contributed by atoms with Crippen LogP contribution in [0.4, 0.5) is 0 Å². The molecular weight excluding hydrogens is 206 g/mol. The second-order valence-electron chi connectivity index (χ2n) is 3.89. The Labute approximate surface area is 95.6 Å².